The van der Waals surface area contributed by atoms with Crippen molar-refractivity contribution >= 4 is 17.2 Å². The summed E-state index contributed by atoms with van der Waals surface area (Å²) < 4.78 is 27.4. The third-order valence-corrected chi connectivity index (χ3v) is 9.03. The summed E-state index contributed by atoms with van der Waals surface area (Å²) in [5, 5.41) is 0.703. The van der Waals surface area contributed by atoms with Gasteiger partial charge in [-0.15, -0.1) is 0 Å². The van der Waals surface area contributed by atoms with Gasteiger partial charge in [0, 0.05) is 82.6 Å². The lowest BCUT2D eigenvalue weighted by atomic mass is 9.97. The number of hydrogen-bond donors (Lipinski definition) is 0. The lowest BCUT2D eigenvalue weighted by Crippen LogP contribution is -2.53. The Morgan fingerprint density at radius 1 is 0.690 bits per heavy atom. The predicted octanol–water partition coefficient (Wildman–Crippen LogP) is 6.82. The van der Waals surface area contributed by atoms with Crippen LogP contribution in [0.3, 0.4) is 0 Å². The maximum absolute atomic E-state index is 13.7. The molecule has 0 aromatic heterocycles. The number of benzene rings is 3. The van der Waals surface area contributed by atoms with Crippen LogP contribution in [0.2, 0.25) is 5.02 Å². The highest BCUT2D eigenvalue weighted by Crippen LogP contribution is 2.27. The van der Waals surface area contributed by atoms with Crippen LogP contribution in [0.1, 0.15) is 43.0 Å². The van der Waals surface area contributed by atoms with Crippen molar-refractivity contribution in [2.24, 2.45) is 0 Å². The molecule has 3 aromatic carbocycles. The smallest absolute Gasteiger partial charge is 0.123 e. The molecule has 2 aliphatic heterocycles. The van der Waals surface area contributed by atoms with Crippen molar-refractivity contribution in [3.63, 3.8) is 0 Å². The normalized spacial score (nSPS) is 19.0. The molecule has 0 N–H and O–H groups in total. The van der Waals surface area contributed by atoms with E-state index in [1.165, 1.54) is 17.7 Å². The topological polar surface area (TPSA) is 13.0 Å². The minimum atomic E-state index is -0.230. The second kappa shape index (κ2) is 14.7. The molecule has 42 heavy (non-hydrogen) atoms. The van der Waals surface area contributed by atoms with Crippen LogP contribution in [0, 0.1) is 11.6 Å². The van der Waals surface area contributed by atoms with Gasteiger partial charge in [-0.3, -0.25) is 14.7 Å². The number of piperazine rings is 2. The van der Waals surface area contributed by atoms with Crippen molar-refractivity contribution in [1.29, 1.82) is 0 Å². The molecule has 2 aliphatic rings. The molecule has 224 valence electrons. The zero-order valence-corrected chi connectivity index (χ0v) is 25.6. The first kappa shape index (κ1) is 30.8. The molecular formula is C35H43ClF2N4. The summed E-state index contributed by atoms with van der Waals surface area (Å²) in [4.78, 5) is 10.2. The summed E-state index contributed by atoms with van der Waals surface area (Å²) >= 11 is 6.14. The van der Waals surface area contributed by atoms with E-state index >= 15 is 0 Å². The standard InChI is InChI=1S/C35H43ClF2N4/c1-27(2)41-22-24-42(25-23-41)35(30-9-15-33(38)16-10-30)26-40-20-18-39(19-21-40)17-3-4-34(28-5-11-31(36)12-6-28)29-7-13-32(37)14-8-29/h4-16,27,35H,3,17-26H2,1-2H3/b34-4-. The number of nitrogens with zero attached hydrogens (tertiary/aromatic N) is 4. The fourth-order valence-corrected chi connectivity index (χ4v) is 6.30. The summed E-state index contributed by atoms with van der Waals surface area (Å²) in [6.45, 7) is 14.8. The summed E-state index contributed by atoms with van der Waals surface area (Å²) in [6.07, 6.45) is 3.18. The second-order valence-corrected chi connectivity index (χ2v) is 12.2. The van der Waals surface area contributed by atoms with Gasteiger partial charge in [-0.25, -0.2) is 8.78 Å². The minimum Gasteiger partial charge on any atom is -0.300 e. The van der Waals surface area contributed by atoms with Gasteiger partial charge >= 0.3 is 0 Å². The van der Waals surface area contributed by atoms with Crippen LogP contribution in [-0.2, 0) is 0 Å². The van der Waals surface area contributed by atoms with Gasteiger partial charge in [0.2, 0.25) is 0 Å². The molecule has 2 heterocycles. The molecule has 7 heteroatoms. The van der Waals surface area contributed by atoms with Crippen LogP contribution in [0.25, 0.3) is 5.57 Å². The number of hydrogen-bond acceptors (Lipinski definition) is 4. The first-order chi connectivity index (χ1) is 20.4. The third-order valence-electron chi connectivity index (χ3n) is 8.77. The van der Waals surface area contributed by atoms with Crippen molar-refractivity contribution in [3.05, 3.63) is 112 Å². The SMILES string of the molecule is CC(C)N1CCN(C(CN2CCN(CC/C=C(\c3ccc(F)cc3)c3ccc(Cl)cc3)CC2)c2ccc(F)cc2)CC1. The van der Waals surface area contributed by atoms with Crippen molar-refractivity contribution in [2.45, 2.75) is 32.4 Å². The van der Waals surface area contributed by atoms with E-state index in [1.807, 2.05) is 48.5 Å². The Balaban J connectivity index is 1.18. The molecular weight excluding hydrogens is 550 g/mol. The lowest BCUT2D eigenvalue weighted by Gasteiger charge is -2.43. The average Bonchev–Trinajstić information content (AvgIpc) is 3.01. The summed E-state index contributed by atoms with van der Waals surface area (Å²) in [7, 11) is 0. The Morgan fingerprint density at radius 3 is 1.76 bits per heavy atom. The molecule has 0 amide bonds. The number of halogens is 3. The van der Waals surface area contributed by atoms with E-state index < -0.39 is 0 Å². The van der Waals surface area contributed by atoms with Gasteiger partial charge in [0.1, 0.15) is 11.6 Å². The molecule has 5 rings (SSSR count). The molecule has 0 saturated carbocycles. The zero-order valence-electron chi connectivity index (χ0n) is 24.9. The van der Waals surface area contributed by atoms with Crippen molar-refractivity contribution in [3.8, 4) is 0 Å². The van der Waals surface area contributed by atoms with E-state index in [0.29, 0.717) is 11.1 Å². The van der Waals surface area contributed by atoms with Crippen molar-refractivity contribution in [1.82, 2.24) is 19.6 Å². The van der Waals surface area contributed by atoms with E-state index in [-0.39, 0.29) is 17.7 Å². The van der Waals surface area contributed by atoms with Gasteiger partial charge in [-0.2, -0.15) is 0 Å². The summed E-state index contributed by atoms with van der Waals surface area (Å²) in [5.74, 6) is -0.407. The molecule has 1 atom stereocenters. The maximum Gasteiger partial charge on any atom is 0.123 e. The van der Waals surface area contributed by atoms with Crippen LogP contribution in [0.15, 0.2) is 78.9 Å². The Labute approximate surface area is 255 Å². The summed E-state index contributed by atoms with van der Waals surface area (Å²) in [6, 6.07) is 22.5. The first-order valence-corrected chi connectivity index (χ1v) is 15.6. The third kappa shape index (κ3) is 8.27. The minimum absolute atomic E-state index is 0.177. The van der Waals surface area contributed by atoms with Gasteiger partial charge in [0.25, 0.3) is 0 Å². The predicted molar refractivity (Wildman–Crippen MR) is 170 cm³/mol. The average molecular weight is 593 g/mol. The fraction of sp³-hybridized carbons (Fsp3) is 0.429. The molecule has 0 radical (unpaired) electrons. The van der Waals surface area contributed by atoms with E-state index in [9.17, 15) is 8.78 Å². The van der Waals surface area contributed by atoms with Crippen LogP contribution in [-0.4, -0.2) is 91.1 Å². The second-order valence-electron chi connectivity index (χ2n) is 11.8. The van der Waals surface area contributed by atoms with E-state index in [1.54, 1.807) is 12.1 Å². The Kier molecular flexibility index (Phi) is 10.8. The fourth-order valence-electron chi connectivity index (χ4n) is 6.17. The van der Waals surface area contributed by atoms with Crippen molar-refractivity contribution < 1.29 is 8.78 Å². The lowest BCUT2D eigenvalue weighted by molar-refractivity contribution is 0.0484. The first-order valence-electron chi connectivity index (χ1n) is 15.3. The van der Waals surface area contributed by atoms with Crippen molar-refractivity contribution in [2.75, 3.05) is 65.4 Å². The van der Waals surface area contributed by atoms with Crippen LogP contribution >= 0.6 is 11.6 Å². The van der Waals surface area contributed by atoms with Gasteiger partial charge < -0.3 is 4.90 Å². The molecule has 4 nitrogen and oxygen atoms in total. The van der Waals surface area contributed by atoms with Gasteiger partial charge in [-0.05, 0) is 78.9 Å². The Morgan fingerprint density at radius 2 is 1.19 bits per heavy atom. The molecule has 0 bridgehead atoms. The Bertz CT molecular complexity index is 1230. The van der Waals surface area contributed by atoms with Crippen LogP contribution in [0.5, 0.6) is 0 Å². The zero-order chi connectivity index (χ0) is 29.5. The Hall–Kier alpha value is -2.61. The molecule has 3 aromatic rings. The highest BCUT2D eigenvalue weighted by Gasteiger charge is 2.29. The number of rotatable bonds is 10. The molecule has 2 fully saturated rings. The van der Waals surface area contributed by atoms with Gasteiger partial charge in [-0.1, -0.05) is 54.1 Å². The van der Waals surface area contributed by atoms with Gasteiger partial charge in [0.05, 0.1) is 0 Å². The van der Waals surface area contributed by atoms with E-state index in [2.05, 4.69) is 39.5 Å². The van der Waals surface area contributed by atoms with Crippen LogP contribution < -0.4 is 0 Å². The van der Waals surface area contributed by atoms with E-state index in [4.69, 9.17) is 11.6 Å². The maximum atomic E-state index is 13.7. The molecule has 1 unspecified atom stereocenters. The molecule has 0 spiro atoms. The quantitative estimate of drug-likeness (QED) is 0.256. The highest BCUT2D eigenvalue weighted by atomic mass is 35.5. The van der Waals surface area contributed by atoms with Crippen LogP contribution in [0.4, 0.5) is 8.78 Å². The largest absolute Gasteiger partial charge is 0.300 e. The molecule has 0 aliphatic carbocycles. The van der Waals surface area contributed by atoms with Gasteiger partial charge in [0.15, 0.2) is 0 Å². The summed E-state index contributed by atoms with van der Waals surface area (Å²) in [5.41, 5.74) is 4.39. The van der Waals surface area contributed by atoms with E-state index in [0.717, 1.165) is 88.6 Å². The highest BCUT2D eigenvalue weighted by molar-refractivity contribution is 6.30. The molecule has 2 saturated heterocycles. The monoisotopic (exact) mass is 592 g/mol.